The van der Waals surface area contributed by atoms with E-state index in [2.05, 4.69) is 25.0 Å². The topological polar surface area (TPSA) is 99.2 Å². The fraction of sp³-hybridized carbons (Fsp3) is 0.171. The molecule has 8 heteroatoms. The van der Waals surface area contributed by atoms with Crippen LogP contribution in [0.2, 0.25) is 25.7 Å². The summed E-state index contributed by atoms with van der Waals surface area (Å²) in [5.41, 5.74) is 11.4. The number of benzene rings is 4. The van der Waals surface area contributed by atoms with E-state index in [0.717, 1.165) is 28.2 Å². The fourth-order valence-corrected chi connectivity index (χ4v) is 5.38. The molecule has 1 amide bonds. The van der Waals surface area contributed by atoms with Gasteiger partial charge in [-0.1, -0.05) is 80.3 Å². The Morgan fingerprint density at radius 1 is 0.860 bits per heavy atom. The van der Waals surface area contributed by atoms with Crippen molar-refractivity contribution >= 4 is 54.2 Å². The van der Waals surface area contributed by atoms with E-state index in [0.29, 0.717) is 34.7 Å². The molecule has 0 unspecified atom stereocenters. The van der Waals surface area contributed by atoms with Crippen molar-refractivity contribution in [3.05, 3.63) is 125 Å². The molecule has 5 aromatic rings. The van der Waals surface area contributed by atoms with Gasteiger partial charge in [0.15, 0.2) is 5.78 Å². The second kappa shape index (κ2) is 13.0. The van der Waals surface area contributed by atoms with Gasteiger partial charge in [0.1, 0.15) is 6.73 Å². The van der Waals surface area contributed by atoms with E-state index in [-0.39, 0.29) is 18.4 Å². The summed E-state index contributed by atoms with van der Waals surface area (Å²) in [6.07, 6.45) is 3.88. The van der Waals surface area contributed by atoms with Crippen molar-refractivity contribution in [1.82, 2.24) is 9.78 Å². The van der Waals surface area contributed by atoms with Crippen molar-refractivity contribution in [2.24, 2.45) is 0 Å². The van der Waals surface area contributed by atoms with E-state index in [9.17, 15) is 9.59 Å². The quantitative estimate of drug-likeness (QED) is 0.0717. The summed E-state index contributed by atoms with van der Waals surface area (Å²) >= 11 is 0. The molecule has 0 aliphatic heterocycles. The molecule has 0 saturated carbocycles. The van der Waals surface area contributed by atoms with Crippen molar-refractivity contribution in [2.75, 3.05) is 17.7 Å². The first kappa shape index (κ1) is 29.7. The Bertz CT molecular complexity index is 1790. The van der Waals surface area contributed by atoms with Crippen LogP contribution in [0, 0.1) is 0 Å². The number of rotatable bonds is 11. The Kier molecular flexibility index (Phi) is 8.99. The van der Waals surface area contributed by atoms with Gasteiger partial charge in [-0.25, -0.2) is 4.68 Å². The average molecular weight is 589 g/mol. The predicted molar refractivity (Wildman–Crippen MR) is 178 cm³/mol. The zero-order chi connectivity index (χ0) is 30.4. The van der Waals surface area contributed by atoms with E-state index in [1.54, 1.807) is 41.1 Å². The highest BCUT2D eigenvalue weighted by Crippen LogP contribution is 2.25. The van der Waals surface area contributed by atoms with Crippen LogP contribution in [-0.2, 0) is 11.5 Å². The van der Waals surface area contributed by atoms with Crippen LogP contribution in [0.25, 0.3) is 23.1 Å². The van der Waals surface area contributed by atoms with Gasteiger partial charge in [-0.05, 0) is 60.1 Å². The molecule has 0 bridgehead atoms. The molecule has 1 aromatic heterocycles. The summed E-state index contributed by atoms with van der Waals surface area (Å²) in [7, 11) is -1.24. The number of anilines is 2. The van der Waals surface area contributed by atoms with Gasteiger partial charge in [0.2, 0.25) is 0 Å². The molecule has 0 saturated heterocycles. The Balaban J connectivity index is 1.43. The Morgan fingerprint density at radius 3 is 2.35 bits per heavy atom. The molecule has 0 radical (unpaired) electrons. The number of amides is 1. The highest BCUT2D eigenvalue weighted by atomic mass is 28.3. The molecule has 0 aliphatic carbocycles. The molecule has 1 heterocycles. The molecule has 43 heavy (non-hydrogen) atoms. The first-order valence-electron chi connectivity index (χ1n) is 14.3. The van der Waals surface area contributed by atoms with Gasteiger partial charge in [-0.15, -0.1) is 0 Å². The molecule has 0 fully saturated rings. The van der Waals surface area contributed by atoms with Crippen LogP contribution >= 0.6 is 0 Å². The summed E-state index contributed by atoms with van der Waals surface area (Å²) in [6, 6.07) is 30.3. The number of hydrogen-bond donors (Lipinski definition) is 2. The van der Waals surface area contributed by atoms with Gasteiger partial charge in [0.25, 0.3) is 5.91 Å². The molecular formula is C35H36N4O3Si. The van der Waals surface area contributed by atoms with Crippen LogP contribution in [0.4, 0.5) is 11.4 Å². The third kappa shape index (κ3) is 7.54. The Labute approximate surface area is 253 Å². The summed E-state index contributed by atoms with van der Waals surface area (Å²) in [5, 5.41) is 8.62. The van der Waals surface area contributed by atoms with Crippen molar-refractivity contribution in [2.45, 2.75) is 32.4 Å². The van der Waals surface area contributed by atoms with E-state index in [4.69, 9.17) is 15.6 Å². The second-order valence-corrected chi connectivity index (χ2v) is 17.3. The maximum absolute atomic E-state index is 13.6. The Morgan fingerprint density at radius 2 is 1.58 bits per heavy atom. The van der Waals surface area contributed by atoms with E-state index >= 15 is 0 Å². The lowest BCUT2D eigenvalue weighted by atomic mass is 10.0. The summed E-state index contributed by atoms with van der Waals surface area (Å²) in [5.74, 6) is -0.387. The van der Waals surface area contributed by atoms with Crippen LogP contribution in [0.15, 0.2) is 97.1 Å². The maximum atomic E-state index is 13.6. The number of nitrogen functional groups attached to an aromatic ring is 1. The SMILES string of the molecule is C[Si](C)(C)CCOCn1nc(C=Cc2ccccc2N)c2ccc(C(=O)c3cccc(NC(=O)c4ccccc4)c3)cc21. The molecule has 7 nitrogen and oxygen atoms in total. The van der Waals surface area contributed by atoms with Crippen LogP contribution < -0.4 is 11.1 Å². The summed E-state index contributed by atoms with van der Waals surface area (Å²) in [6.45, 7) is 7.89. The lowest BCUT2D eigenvalue weighted by molar-refractivity contribution is 0.0816. The number of ketones is 1. The molecule has 0 spiro atoms. The first-order chi connectivity index (χ1) is 20.7. The number of aromatic nitrogens is 2. The third-order valence-corrected chi connectivity index (χ3v) is 8.79. The summed E-state index contributed by atoms with van der Waals surface area (Å²) < 4.78 is 7.85. The smallest absolute Gasteiger partial charge is 0.255 e. The number of carbonyl (C=O) groups excluding carboxylic acids is 2. The number of ether oxygens (including phenoxy) is 1. The number of nitrogens with one attached hydrogen (secondary N) is 1. The molecule has 4 aromatic carbocycles. The van der Waals surface area contributed by atoms with Gasteiger partial charge in [-0.2, -0.15) is 5.10 Å². The predicted octanol–water partition coefficient (Wildman–Crippen LogP) is 7.58. The van der Waals surface area contributed by atoms with Crippen LogP contribution in [0.1, 0.15) is 37.5 Å². The Hall–Kier alpha value is -4.79. The van der Waals surface area contributed by atoms with Crippen LogP contribution in [-0.4, -0.2) is 36.2 Å². The minimum absolute atomic E-state index is 0.153. The lowest BCUT2D eigenvalue weighted by Gasteiger charge is -2.15. The monoisotopic (exact) mass is 588 g/mol. The number of nitrogens with two attached hydrogens (primary N) is 1. The largest absolute Gasteiger partial charge is 0.398 e. The fourth-order valence-electron chi connectivity index (χ4n) is 4.62. The van der Waals surface area contributed by atoms with Crippen molar-refractivity contribution in [3.8, 4) is 0 Å². The van der Waals surface area contributed by atoms with E-state index < -0.39 is 8.07 Å². The van der Waals surface area contributed by atoms with Gasteiger partial charge in [-0.3, -0.25) is 9.59 Å². The highest BCUT2D eigenvalue weighted by Gasteiger charge is 2.17. The zero-order valence-corrected chi connectivity index (χ0v) is 25.7. The van der Waals surface area contributed by atoms with Gasteiger partial charge in [0.05, 0.1) is 11.2 Å². The van der Waals surface area contributed by atoms with Crippen molar-refractivity contribution in [1.29, 1.82) is 0 Å². The van der Waals surface area contributed by atoms with E-state index in [1.165, 1.54) is 0 Å². The van der Waals surface area contributed by atoms with Gasteiger partial charge >= 0.3 is 0 Å². The maximum Gasteiger partial charge on any atom is 0.255 e. The van der Waals surface area contributed by atoms with Crippen LogP contribution in [0.5, 0.6) is 0 Å². The number of fused-ring (bicyclic) bond motifs is 1. The van der Waals surface area contributed by atoms with E-state index in [1.807, 2.05) is 72.8 Å². The third-order valence-electron chi connectivity index (χ3n) is 7.09. The normalized spacial score (nSPS) is 11.7. The number of carbonyl (C=O) groups is 2. The summed E-state index contributed by atoms with van der Waals surface area (Å²) in [4.78, 5) is 26.3. The molecular weight excluding hydrogens is 552 g/mol. The first-order valence-corrected chi connectivity index (χ1v) is 18.0. The standard InChI is InChI=1S/C35H36N4O3Si/c1-43(2,3)21-20-42-24-39-33-23-28(16-18-30(33)32(38-39)19-17-25-10-7-8-15-31(25)36)34(40)27-13-9-14-29(22-27)37-35(41)26-11-5-4-6-12-26/h4-19,22-23H,20-21,24,36H2,1-3H3,(H,37,41). The number of para-hydroxylation sites is 1. The molecule has 218 valence electrons. The van der Waals surface area contributed by atoms with Gasteiger partial charge < -0.3 is 15.8 Å². The van der Waals surface area contributed by atoms with Crippen molar-refractivity contribution < 1.29 is 14.3 Å². The molecule has 5 rings (SSSR count). The lowest BCUT2D eigenvalue weighted by Crippen LogP contribution is -2.22. The second-order valence-electron chi connectivity index (χ2n) is 11.7. The minimum Gasteiger partial charge on any atom is -0.398 e. The van der Waals surface area contributed by atoms with Crippen molar-refractivity contribution in [3.63, 3.8) is 0 Å². The van der Waals surface area contributed by atoms with Gasteiger partial charge in [0, 0.05) is 48.1 Å². The highest BCUT2D eigenvalue weighted by molar-refractivity contribution is 6.76. The molecule has 3 N–H and O–H groups in total. The van der Waals surface area contributed by atoms with Crippen LogP contribution in [0.3, 0.4) is 0 Å². The minimum atomic E-state index is -1.24. The average Bonchev–Trinajstić information content (AvgIpc) is 3.35. The number of nitrogens with zero attached hydrogens (tertiary/aromatic N) is 2. The molecule has 0 aliphatic rings. The zero-order valence-electron chi connectivity index (χ0n) is 24.7. The number of hydrogen-bond acceptors (Lipinski definition) is 5. The molecule has 0 atom stereocenters.